The van der Waals surface area contributed by atoms with Gasteiger partial charge in [0.2, 0.25) is 0 Å². The van der Waals surface area contributed by atoms with E-state index in [1.807, 2.05) is 6.07 Å². The molecule has 0 spiro atoms. The average molecular weight is 236 g/mol. The number of nitrogens with zero attached hydrogens (tertiary/aromatic N) is 2. The summed E-state index contributed by atoms with van der Waals surface area (Å²) in [7, 11) is 0. The predicted molar refractivity (Wildman–Crippen MR) is 68.9 cm³/mol. The second kappa shape index (κ2) is 4.81. The van der Waals surface area contributed by atoms with Crippen molar-refractivity contribution < 1.29 is 5.11 Å². The Labute approximate surface area is 104 Å². The Morgan fingerprint density at radius 3 is 2.65 bits per heavy atom. The quantitative estimate of drug-likeness (QED) is 0.876. The van der Waals surface area contributed by atoms with E-state index in [-0.39, 0.29) is 11.5 Å². The first kappa shape index (κ1) is 12.6. The monoisotopic (exact) mass is 236 g/mol. The summed E-state index contributed by atoms with van der Waals surface area (Å²) >= 11 is 0. The third-order valence-electron chi connectivity index (χ3n) is 3.76. The van der Waals surface area contributed by atoms with Gasteiger partial charge in [-0.25, -0.2) is 0 Å². The first-order valence-electron chi connectivity index (χ1n) is 6.69. The summed E-state index contributed by atoms with van der Waals surface area (Å²) < 4.78 is 2.09. The van der Waals surface area contributed by atoms with Gasteiger partial charge in [-0.3, -0.25) is 4.68 Å². The molecule has 2 rings (SSSR count). The minimum atomic E-state index is -0.325. The maximum absolute atomic E-state index is 10.1. The lowest BCUT2D eigenvalue weighted by Crippen LogP contribution is -2.28. The number of aromatic nitrogens is 2. The maximum atomic E-state index is 10.1. The molecule has 1 N–H and O–H groups in total. The summed E-state index contributed by atoms with van der Waals surface area (Å²) in [5.74, 6) is 0. The highest BCUT2D eigenvalue weighted by atomic mass is 16.3. The number of aliphatic hydroxyl groups excluding tert-OH is 1. The van der Waals surface area contributed by atoms with Crippen molar-refractivity contribution in [3.05, 3.63) is 18.0 Å². The molecule has 1 heterocycles. The molecule has 96 valence electrons. The minimum Gasteiger partial charge on any atom is -0.392 e. The largest absolute Gasteiger partial charge is 0.392 e. The van der Waals surface area contributed by atoms with E-state index in [2.05, 4.69) is 36.7 Å². The van der Waals surface area contributed by atoms with Crippen LogP contribution in [0, 0.1) is 5.41 Å². The average Bonchev–Trinajstić information content (AvgIpc) is 2.83. The summed E-state index contributed by atoms with van der Waals surface area (Å²) in [4.78, 5) is 0. The van der Waals surface area contributed by atoms with Gasteiger partial charge in [0.25, 0.3) is 0 Å². The fourth-order valence-electron chi connectivity index (χ4n) is 2.36. The standard InChI is InChI=1S/C14H24N2O/c1-14(2,3)13(17)10-11-8-9-16(15-11)12-6-4-5-7-12/h8-9,12-13,17H,4-7,10H2,1-3H3. The van der Waals surface area contributed by atoms with Crippen LogP contribution in [0.25, 0.3) is 0 Å². The molecule has 0 amide bonds. The molecule has 1 aliphatic rings. The Hall–Kier alpha value is -0.830. The van der Waals surface area contributed by atoms with Crippen LogP contribution in [0.5, 0.6) is 0 Å². The van der Waals surface area contributed by atoms with Gasteiger partial charge in [-0.2, -0.15) is 5.10 Å². The second-order valence-corrected chi connectivity index (χ2v) is 6.31. The zero-order valence-electron chi connectivity index (χ0n) is 11.2. The highest BCUT2D eigenvalue weighted by molar-refractivity contribution is 5.03. The highest BCUT2D eigenvalue weighted by Gasteiger charge is 2.24. The van der Waals surface area contributed by atoms with Crippen molar-refractivity contribution in [3.8, 4) is 0 Å². The van der Waals surface area contributed by atoms with Gasteiger partial charge in [0.05, 0.1) is 17.8 Å². The molecule has 1 fully saturated rings. The van der Waals surface area contributed by atoms with Crippen LogP contribution in [0.15, 0.2) is 12.3 Å². The van der Waals surface area contributed by atoms with Crippen molar-refractivity contribution in [3.63, 3.8) is 0 Å². The van der Waals surface area contributed by atoms with Crippen LogP contribution in [0.3, 0.4) is 0 Å². The van der Waals surface area contributed by atoms with E-state index in [9.17, 15) is 5.11 Å². The van der Waals surface area contributed by atoms with Crippen LogP contribution in [-0.2, 0) is 6.42 Å². The molecule has 0 aromatic carbocycles. The lowest BCUT2D eigenvalue weighted by atomic mass is 9.86. The van der Waals surface area contributed by atoms with Gasteiger partial charge >= 0.3 is 0 Å². The molecule has 3 heteroatoms. The van der Waals surface area contributed by atoms with Gasteiger partial charge in [0, 0.05) is 12.6 Å². The molecule has 1 unspecified atom stereocenters. The first-order valence-corrected chi connectivity index (χ1v) is 6.69. The second-order valence-electron chi connectivity index (χ2n) is 6.31. The zero-order valence-corrected chi connectivity index (χ0v) is 11.2. The normalized spacial score (nSPS) is 19.8. The third kappa shape index (κ3) is 3.09. The van der Waals surface area contributed by atoms with Gasteiger partial charge in [-0.05, 0) is 24.3 Å². The van der Waals surface area contributed by atoms with Crippen molar-refractivity contribution in [2.75, 3.05) is 0 Å². The van der Waals surface area contributed by atoms with Crippen LogP contribution >= 0.6 is 0 Å². The van der Waals surface area contributed by atoms with Gasteiger partial charge in [-0.1, -0.05) is 33.6 Å². The van der Waals surface area contributed by atoms with E-state index < -0.39 is 0 Å². The van der Waals surface area contributed by atoms with Crippen LogP contribution in [0.2, 0.25) is 0 Å². The van der Waals surface area contributed by atoms with Crippen molar-refractivity contribution >= 4 is 0 Å². The summed E-state index contributed by atoms with van der Waals surface area (Å²) in [6, 6.07) is 2.64. The fourth-order valence-corrected chi connectivity index (χ4v) is 2.36. The molecule has 0 bridgehead atoms. The summed E-state index contributed by atoms with van der Waals surface area (Å²) in [5.41, 5.74) is 0.941. The topological polar surface area (TPSA) is 38.0 Å². The Morgan fingerprint density at radius 1 is 1.41 bits per heavy atom. The third-order valence-corrected chi connectivity index (χ3v) is 3.76. The molecule has 0 radical (unpaired) electrons. The number of hydrogen-bond donors (Lipinski definition) is 1. The molecule has 17 heavy (non-hydrogen) atoms. The van der Waals surface area contributed by atoms with Gasteiger partial charge < -0.3 is 5.11 Å². The Morgan fingerprint density at radius 2 is 2.06 bits per heavy atom. The van der Waals surface area contributed by atoms with Crippen molar-refractivity contribution in [2.24, 2.45) is 5.41 Å². The van der Waals surface area contributed by atoms with Gasteiger partial charge in [0.15, 0.2) is 0 Å². The van der Waals surface area contributed by atoms with Gasteiger partial charge in [0.1, 0.15) is 0 Å². The maximum Gasteiger partial charge on any atom is 0.0650 e. The van der Waals surface area contributed by atoms with Crippen LogP contribution in [0.1, 0.15) is 58.2 Å². The predicted octanol–water partition coefficient (Wildman–Crippen LogP) is 2.95. The highest BCUT2D eigenvalue weighted by Crippen LogP contribution is 2.29. The lowest BCUT2D eigenvalue weighted by Gasteiger charge is -2.25. The molecule has 0 aliphatic heterocycles. The molecule has 1 aromatic rings. The molecule has 0 saturated heterocycles. The number of hydrogen-bond acceptors (Lipinski definition) is 2. The van der Waals surface area contributed by atoms with Crippen molar-refractivity contribution in [2.45, 2.75) is 65.0 Å². The van der Waals surface area contributed by atoms with Crippen LogP contribution < -0.4 is 0 Å². The summed E-state index contributed by atoms with van der Waals surface area (Å²) in [6.07, 6.45) is 7.56. The molecule has 1 saturated carbocycles. The van der Waals surface area contributed by atoms with E-state index in [1.54, 1.807) is 0 Å². The van der Waals surface area contributed by atoms with E-state index in [0.29, 0.717) is 12.5 Å². The molecule has 1 atom stereocenters. The fraction of sp³-hybridized carbons (Fsp3) is 0.786. The number of aliphatic hydroxyl groups is 1. The van der Waals surface area contributed by atoms with E-state index >= 15 is 0 Å². The Balaban J connectivity index is 1.98. The Kier molecular flexibility index (Phi) is 3.57. The lowest BCUT2D eigenvalue weighted by molar-refractivity contribution is 0.0626. The molecule has 1 aliphatic carbocycles. The van der Waals surface area contributed by atoms with Crippen LogP contribution in [-0.4, -0.2) is 21.0 Å². The summed E-state index contributed by atoms with van der Waals surface area (Å²) in [6.45, 7) is 6.18. The van der Waals surface area contributed by atoms with Crippen molar-refractivity contribution in [1.29, 1.82) is 0 Å². The molecular formula is C14H24N2O. The minimum absolute atomic E-state index is 0.0723. The smallest absolute Gasteiger partial charge is 0.0650 e. The zero-order chi connectivity index (χ0) is 12.5. The summed E-state index contributed by atoms with van der Waals surface area (Å²) in [5, 5.41) is 14.7. The van der Waals surface area contributed by atoms with Crippen LogP contribution in [0.4, 0.5) is 0 Å². The molecular weight excluding hydrogens is 212 g/mol. The SMILES string of the molecule is CC(C)(C)C(O)Cc1ccn(C2CCCC2)n1. The Bertz CT molecular complexity index is 359. The first-order chi connectivity index (χ1) is 7.97. The van der Waals surface area contributed by atoms with E-state index in [0.717, 1.165) is 5.69 Å². The van der Waals surface area contributed by atoms with Gasteiger partial charge in [-0.15, -0.1) is 0 Å². The molecule has 1 aromatic heterocycles. The molecule has 3 nitrogen and oxygen atoms in total. The van der Waals surface area contributed by atoms with Crippen molar-refractivity contribution in [1.82, 2.24) is 9.78 Å². The number of rotatable bonds is 3. The van der Waals surface area contributed by atoms with E-state index in [4.69, 9.17) is 0 Å². The van der Waals surface area contributed by atoms with E-state index in [1.165, 1.54) is 25.7 Å².